The average Bonchev–Trinajstić information content (AvgIpc) is 3.51. The Labute approximate surface area is 299 Å². The summed E-state index contributed by atoms with van der Waals surface area (Å²) in [5.41, 5.74) is 3.74. The van der Waals surface area contributed by atoms with Crippen LogP contribution in [0.1, 0.15) is 27.1 Å². The zero-order valence-electron chi connectivity index (χ0n) is 27.5. The first-order valence-corrected chi connectivity index (χ1v) is 17.1. The number of carboxylic acid groups (broad SMARTS) is 1. The highest BCUT2D eigenvalue weighted by atomic mass is 32.1. The summed E-state index contributed by atoms with van der Waals surface area (Å²) in [4.78, 5) is 17.2. The van der Waals surface area contributed by atoms with Crippen molar-refractivity contribution in [2.45, 2.75) is 19.8 Å². The van der Waals surface area contributed by atoms with Gasteiger partial charge in [0.2, 0.25) is 0 Å². The molecule has 2 aromatic heterocycles. The number of aromatic nitrogens is 1. The van der Waals surface area contributed by atoms with E-state index < -0.39 is 5.97 Å². The standard InChI is InChI=1S/C43H33NO6S/c45-43(46)36(33-20-22-44-23-21-33)25-41-42(50-35-18-16-34(17-19-35)47-27-30-10-4-1-5-11-30)37-24-38(48-28-31-12-6-2-7-13-31)39(26-40(37)51-41)49-29-32-14-8-3-9-15-32/h1-26H,27-29H2,(H,45,46). The van der Waals surface area contributed by atoms with Crippen LogP contribution < -0.4 is 18.9 Å². The molecule has 0 aliphatic carbocycles. The molecule has 2 heterocycles. The van der Waals surface area contributed by atoms with Crippen molar-refractivity contribution in [2.75, 3.05) is 0 Å². The third-order valence-corrected chi connectivity index (χ3v) is 9.08. The van der Waals surface area contributed by atoms with Crippen LogP contribution in [-0.4, -0.2) is 16.1 Å². The van der Waals surface area contributed by atoms with Crippen molar-refractivity contribution in [2.24, 2.45) is 0 Å². The molecule has 7 nitrogen and oxygen atoms in total. The maximum Gasteiger partial charge on any atom is 0.336 e. The van der Waals surface area contributed by atoms with Crippen molar-refractivity contribution in [3.63, 3.8) is 0 Å². The van der Waals surface area contributed by atoms with Crippen molar-refractivity contribution in [3.05, 3.63) is 179 Å². The Balaban J connectivity index is 1.28. The monoisotopic (exact) mass is 691 g/mol. The molecule has 7 aromatic rings. The molecule has 0 aliphatic rings. The highest BCUT2D eigenvalue weighted by molar-refractivity contribution is 7.20. The van der Waals surface area contributed by atoms with Gasteiger partial charge in [0.25, 0.3) is 0 Å². The number of hydrogen-bond donors (Lipinski definition) is 1. The van der Waals surface area contributed by atoms with Crippen LogP contribution in [0.15, 0.2) is 152 Å². The van der Waals surface area contributed by atoms with Crippen molar-refractivity contribution in [3.8, 4) is 28.7 Å². The summed E-state index contributed by atoms with van der Waals surface area (Å²) >= 11 is 1.41. The maximum absolute atomic E-state index is 12.6. The highest BCUT2D eigenvalue weighted by Gasteiger charge is 2.21. The van der Waals surface area contributed by atoms with Crippen molar-refractivity contribution >= 4 is 39.0 Å². The number of pyridine rings is 1. The second kappa shape index (κ2) is 15.9. The Morgan fingerprint density at radius 1 is 0.627 bits per heavy atom. The summed E-state index contributed by atoms with van der Waals surface area (Å²) in [6.45, 7) is 1.12. The Bertz CT molecular complexity index is 2240. The molecule has 252 valence electrons. The van der Waals surface area contributed by atoms with Gasteiger partial charge in [-0.25, -0.2) is 4.79 Å². The fourth-order valence-electron chi connectivity index (χ4n) is 5.39. The van der Waals surface area contributed by atoms with Crippen LogP contribution >= 0.6 is 11.3 Å². The van der Waals surface area contributed by atoms with Crippen LogP contribution in [0.3, 0.4) is 0 Å². The molecule has 0 aliphatic heterocycles. The van der Waals surface area contributed by atoms with E-state index >= 15 is 0 Å². The molecule has 5 aromatic carbocycles. The minimum absolute atomic E-state index is 0.111. The molecule has 7 rings (SSSR count). The predicted molar refractivity (Wildman–Crippen MR) is 200 cm³/mol. The van der Waals surface area contributed by atoms with Crippen LogP contribution in [0.4, 0.5) is 0 Å². The van der Waals surface area contributed by atoms with Gasteiger partial charge in [0, 0.05) is 28.5 Å². The summed E-state index contributed by atoms with van der Waals surface area (Å²) < 4.78 is 26.2. The molecule has 8 heteroatoms. The van der Waals surface area contributed by atoms with Crippen molar-refractivity contribution < 1.29 is 28.8 Å². The molecule has 0 amide bonds. The quantitative estimate of drug-likeness (QED) is 0.114. The SMILES string of the molecule is O=C(O)C(=Cc1sc2cc(OCc3ccccc3)c(OCc3ccccc3)cc2c1Oc1ccc(OCc2ccccc2)cc1)c1ccncc1. The van der Waals surface area contributed by atoms with Crippen molar-refractivity contribution in [1.29, 1.82) is 0 Å². The normalized spacial score (nSPS) is 11.3. The maximum atomic E-state index is 12.6. The molecular weight excluding hydrogens is 659 g/mol. The average molecular weight is 692 g/mol. The lowest BCUT2D eigenvalue weighted by Crippen LogP contribution is -2.00. The van der Waals surface area contributed by atoms with Crippen LogP contribution in [0.5, 0.6) is 28.7 Å². The summed E-state index contributed by atoms with van der Waals surface area (Å²) in [5, 5.41) is 11.0. The highest BCUT2D eigenvalue weighted by Crippen LogP contribution is 2.47. The molecule has 0 saturated heterocycles. The van der Waals surface area contributed by atoms with Gasteiger partial charge in [0.15, 0.2) is 17.2 Å². The number of ether oxygens (including phenoxy) is 4. The molecule has 0 bridgehead atoms. The Kier molecular flexibility index (Phi) is 10.3. The predicted octanol–water partition coefficient (Wildman–Crippen LogP) is 10.5. The van der Waals surface area contributed by atoms with Gasteiger partial charge in [-0.2, -0.15) is 0 Å². The molecule has 0 fully saturated rings. The second-order valence-corrected chi connectivity index (χ2v) is 12.7. The van der Waals surface area contributed by atoms with Crippen molar-refractivity contribution in [1.82, 2.24) is 4.98 Å². The minimum atomic E-state index is -1.07. The van der Waals surface area contributed by atoms with E-state index in [-0.39, 0.29) is 5.57 Å². The van der Waals surface area contributed by atoms with E-state index in [1.165, 1.54) is 11.3 Å². The summed E-state index contributed by atoms with van der Waals surface area (Å²) in [6.07, 6.45) is 4.79. The van der Waals surface area contributed by atoms with Crippen LogP contribution in [0, 0.1) is 0 Å². The van der Waals surface area contributed by atoms with Crippen LogP contribution in [-0.2, 0) is 24.6 Å². The zero-order chi connectivity index (χ0) is 34.8. The van der Waals surface area contributed by atoms with Gasteiger partial charge in [-0.3, -0.25) is 4.98 Å². The van der Waals surface area contributed by atoms with Gasteiger partial charge < -0.3 is 24.1 Å². The fraction of sp³-hybridized carbons (Fsp3) is 0.0698. The smallest absolute Gasteiger partial charge is 0.336 e. The topological polar surface area (TPSA) is 87.1 Å². The number of aliphatic carboxylic acids is 1. The summed E-state index contributed by atoms with van der Waals surface area (Å²) in [7, 11) is 0. The third kappa shape index (κ3) is 8.44. The van der Waals surface area contributed by atoms with Crippen LogP contribution in [0.25, 0.3) is 21.7 Å². The molecule has 0 unspecified atom stereocenters. The molecule has 0 radical (unpaired) electrons. The van der Waals surface area contributed by atoms with Gasteiger partial charge in [0.1, 0.15) is 31.3 Å². The summed E-state index contributed by atoms with van der Waals surface area (Å²) in [5.74, 6) is 1.80. The summed E-state index contributed by atoms with van der Waals surface area (Å²) in [6, 6.07) is 44.4. The Morgan fingerprint density at radius 2 is 1.14 bits per heavy atom. The van der Waals surface area contributed by atoms with E-state index in [0.29, 0.717) is 59.0 Å². The first kappa shape index (κ1) is 33.1. The minimum Gasteiger partial charge on any atom is -0.489 e. The number of nitrogens with zero attached hydrogens (tertiary/aromatic N) is 1. The number of benzene rings is 5. The number of thiophene rings is 1. The number of carbonyl (C=O) groups is 1. The van der Waals surface area contributed by atoms with Crippen LogP contribution in [0.2, 0.25) is 0 Å². The molecule has 0 saturated carbocycles. The third-order valence-electron chi connectivity index (χ3n) is 8.00. The van der Waals surface area contributed by atoms with Gasteiger partial charge in [-0.1, -0.05) is 91.0 Å². The molecule has 0 spiro atoms. The molecular formula is C43H33NO6S. The zero-order valence-corrected chi connectivity index (χ0v) is 28.3. The van der Waals surface area contributed by atoms with E-state index in [2.05, 4.69) is 4.98 Å². The van der Waals surface area contributed by atoms with Gasteiger partial charge in [-0.05, 0) is 70.8 Å². The van der Waals surface area contributed by atoms with E-state index in [1.54, 1.807) is 30.6 Å². The fourth-order valence-corrected chi connectivity index (χ4v) is 6.48. The van der Waals surface area contributed by atoms with E-state index in [1.807, 2.05) is 127 Å². The first-order chi connectivity index (χ1) is 25.1. The van der Waals surface area contributed by atoms with E-state index in [0.717, 1.165) is 26.8 Å². The molecule has 1 N–H and O–H groups in total. The lowest BCUT2D eigenvalue weighted by atomic mass is 10.1. The van der Waals surface area contributed by atoms with Gasteiger partial charge in [0.05, 0.1) is 10.5 Å². The van der Waals surface area contributed by atoms with Gasteiger partial charge in [-0.15, -0.1) is 11.3 Å². The second-order valence-electron chi connectivity index (χ2n) is 11.6. The van der Waals surface area contributed by atoms with E-state index in [9.17, 15) is 9.90 Å². The molecule has 51 heavy (non-hydrogen) atoms. The Morgan fingerprint density at radius 3 is 1.69 bits per heavy atom. The number of fused-ring (bicyclic) bond motifs is 1. The Hall–Kier alpha value is -6.38. The lowest BCUT2D eigenvalue weighted by molar-refractivity contribution is -0.130. The lowest BCUT2D eigenvalue weighted by Gasteiger charge is -2.14. The number of hydrogen-bond acceptors (Lipinski definition) is 7. The first-order valence-electron chi connectivity index (χ1n) is 16.3. The molecule has 0 atom stereocenters. The van der Waals surface area contributed by atoms with E-state index in [4.69, 9.17) is 18.9 Å². The largest absolute Gasteiger partial charge is 0.489 e. The number of rotatable bonds is 14. The van der Waals surface area contributed by atoms with Gasteiger partial charge >= 0.3 is 5.97 Å². The number of carboxylic acids is 1.